The number of hydrogen-bond acceptors (Lipinski definition) is 3. The molecule has 1 aliphatic heterocycles. The Morgan fingerprint density at radius 3 is 2.67 bits per heavy atom. The van der Waals surface area contributed by atoms with Crippen LogP contribution in [-0.4, -0.2) is 55.4 Å². The van der Waals surface area contributed by atoms with Gasteiger partial charge in [0.05, 0.1) is 13.2 Å². The standard InChI is InChI=1S/C22H37N3O2/c1-5-22(6-2,12-14-26)17-24-21(23-7-3)25-13-15-27-20(16-25)19-11-9-8-10-18(19)4/h8-11,20,26H,5-7,12-17H2,1-4H3,(H,23,24). The highest BCUT2D eigenvalue weighted by Crippen LogP contribution is 2.31. The number of aryl methyl sites for hydroxylation is 1. The summed E-state index contributed by atoms with van der Waals surface area (Å²) >= 11 is 0. The Labute approximate surface area is 164 Å². The Bertz CT molecular complexity index is 599. The van der Waals surface area contributed by atoms with Gasteiger partial charge in [0.25, 0.3) is 0 Å². The van der Waals surface area contributed by atoms with E-state index < -0.39 is 0 Å². The molecule has 5 nitrogen and oxygen atoms in total. The Hall–Kier alpha value is -1.59. The van der Waals surface area contributed by atoms with Crippen molar-refractivity contribution in [2.45, 2.75) is 53.1 Å². The second-order valence-corrected chi connectivity index (χ2v) is 7.51. The average molecular weight is 376 g/mol. The van der Waals surface area contributed by atoms with Crippen molar-refractivity contribution < 1.29 is 9.84 Å². The predicted octanol–water partition coefficient (Wildman–Crippen LogP) is 3.52. The van der Waals surface area contributed by atoms with E-state index in [-0.39, 0.29) is 18.1 Å². The zero-order valence-corrected chi connectivity index (χ0v) is 17.5. The summed E-state index contributed by atoms with van der Waals surface area (Å²) in [6.45, 7) is 12.8. The molecule has 1 fully saturated rings. The molecular weight excluding hydrogens is 338 g/mol. The number of nitrogens with one attached hydrogen (secondary N) is 1. The first-order chi connectivity index (χ1) is 13.1. The molecule has 152 valence electrons. The second-order valence-electron chi connectivity index (χ2n) is 7.51. The highest BCUT2D eigenvalue weighted by atomic mass is 16.5. The maximum atomic E-state index is 9.48. The molecule has 2 N–H and O–H groups in total. The van der Waals surface area contributed by atoms with Crippen LogP contribution >= 0.6 is 0 Å². The van der Waals surface area contributed by atoms with Crippen molar-refractivity contribution in [1.29, 1.82) is 0 Å². The SMILES string of the molecule is CCNC(=NCC(CC)(CC)CCO)N1CCOC(c2ccccc2C)C1. The molecule has 0 saturated carbocycles. The van der Waals surface area contributed by atoms with Crippen molar-refractivity contribution in [3.63, 3.8) is 0 Å². The summed E-state index contributed by atoms with van der Waals surface area (Å²) in [7, 11) is 0. The number of ether oxygens (including phenoxy) is 1. The van der Waals surface area contributed by atoms with Gasteiger partial charge in [0, 0.05) is 26.2 Å². The van der Waals surface area contributed by atoms with Crippen LogP contribution in [0.2, 0.25) is 0 Å². The first-order valence-corrected chi connectivity index (χ1v) is 10.4. The highest BCUT2D eigenvalue weighted by Gasteiger charge is 2.28. The number of nitrogens with zero attached hydrogens (tertiary/aromatic N) is 2. The number of aliphatic hydroxyl groups is 1. The van der Waals surface area contributed by atoms with Gasteiger partial charge >= 0.3 is 0 Å². The molecule has 1 aromatic rings. The predicted molar refractivity (Wildman–Crippen MR) is 112 cm³/mol. The lowest BCUT2D eigenvalue weighted by Crippen LogP contribution is -2.48. The van der Waals surface area contributed by atoms with Crippen LogP contribution in [0.5, 0.6) is 0 Å². The molecule has 0 spiro atoms. The molecule has 1 unspecified atom stereocenters. The Morgan fingerprint density at radius 1 is 1.30 bits per heavy atom. The van der Waals surface area contributed by atoms with E-state index in [9.17, 15) is 5.11 Å². The number of aliphatic imine (C=N–C) groups is 1. The first-order valence-electron chi connectivity index (χ1n) is 10.4. The minimum absolute atomic E-state index is 0.0726. The van der Waals surface area contributed by atoms with Gasteiger partial charge in [-0.15, -0.1) is 0 Å². The van der Waals surface area contributed by atoms with Crippen LogP contribution in [-0.2, 0) is 4.74 Å². The first kappa shape index (κ1) is 21.7. The van der Waals surface area contributed by atoms with Gasteiger partial charge in [-0.3, -0.25) is 4.99 Å². The minimum Gasteiger partial charge on any atom is -0.396 e. The summed E-state index contributed by atoms with van der Waals surface area (Å²) in [6.07, 6.45) is 2.94. The van der Waals surface area contributed by atoms with Gasteiger partial charge in [0.2, 0.25) is 0 Å². The Balaban J connectivity index is 2.16. The van der Waals surface area contributed by atoms with Crippen LogP contribution in [0.25, 0.3) is 0 Å². The molecule has 1 saturated heterocycles. The number of guanidine groups is 1. The molecule has 0 bridgehead atoms. The van der Waals surface area contributed by atoms with Gasteiger partial charge in [-0.2, -0.15) is 0 Å². The van der Waals surface area contributed by atoms with E-state index >= 15 is 0 Å². The molecule has 0 amide bonds. The number of benzene rings is 1. The van der Waals surface area contributed by atoms with Gasteiger partial charge < -0.3 is 20.1 Å². The summed E-state index contributed by atoms with van der Waals surface area (Å²) in [4.78, 5) is 7.30. The van der Waals surface area contributed by atoms with E-state index in [1.54, 1.807) is 0 Å². The van der Waals surface area contributed by atoms with E-state index in [1.165, 1.54) is 11.1 Å². The monoisotopic (exact) mass is 375 g/mol. The summed E-state index contributed by atoms with van der Waals surface area (Å²) < 4.78 is 6.07. The van der Waals surface area contributed by atoms with Crippen LogP contribution in [0.1, 0.15) is 57.3 Å². The van der Waals surface area contributed by atoms with Crippen molar-refractivity contribution in [3.05, 3.63) is 35.4 Å². The second kappa shape index (κ2) is 10.7. The van der Waals surface area contributed by atoms with E-state index in [4.69, 9.17) is 9.73 Å². The van der Waals surface area contributed by atoms with Crippen LogP contribution in [0.15, 0.2) is 29.3 Å². The fraction of sp³-hybridized carbons (Fsp3) is 0.682. The molecule has 0 aliphatic carbocycles. The van der Waals surface area contributed by atoms with E-state index in [0.29, 0.717) is 6.61 Å². The molecule has 1 atom stereocenters. The summed E-state index contributed by atoms with van der Waals surface area (Å²) in [6, 6.07) is 8.45. The molecule has 27 heavy (non-hydrogen) atoms. The number of hydrogen-bond donors (Lipinski definition) is 2. The topological polar surface area (TPSA) is 57.1 Å². The smallest absolute Gasteiger partial charge is 0.194 e. The van der Waals surface area contributed by atoms with Crippen LogP contribution in [0, 0.1) is 12.3 Å². The lowest BCUT2D eigenvalue weighted by atomic mass is 9.79. The molecule has 0 radical (unpaired) electrons. The van der Waals surface area contributed by atoms with E-state index in [2.05, 4.69) is 62.2 Å². The molecular formula is C22H37N3O2. The molecule has 1 aromatic carbocycles. The van der Waals surface area contributed by atoms with Crippen molar-refractivity contribution >= 4 is 5.96 Å². The molecule has 2 rings (SSSR count). The van der Waals surface area contributed by atoms with Gasteiger partial charge in [-0.1, -0.05) is 38.1 Å². The van der Waals surface area contributed by atoms with Crippen molar-refractivity contribution in [3.8, 4) is 0 Å². The van der Waals surface area contributed by atoms with E-state index in [0.717, 1.165) is 51.4 Å². The third kappa shape index (κ3) is 5.69. The van der Waals surface area contributed by atoms with Gasteiger partial charge in [0.15, 0.2) is 5.96 Å². The number of morpholine rings is 1. The molecule has 0 aromatic heterocycles. The normalized spacial score (nSPS) is 18.6. The van der Waals surface area contributed by atoms with Crippen molar-refractivity contribution in [2.75, 3.05) is 39.4 Å². The van der Waals surface area contributed by atoms with Crippen LogP contribution in [0.4, 0.5) is 0 Å². The highest BCUT2D eigenvalue weighted by molar-refractivity contribution is 5.80. The maximum absolute atomic E-state index is 9.48. The Kier molecular flexibility index (Phi) is 8.58. The number of rotatable bonds is 8. The molecule has 5 heteroatoms. The van der Waals surface area contributed by atoms with Crippen LogP contribution < -0.4 is 5.32 Å². The minimum atomic E-state index is 0.0726. The quantitative estimate of drug-likeness (QED) is 0.539. The fourth-order valence-corrected chi connectivity index (χ4v) is 3.79. The lowest BCUT2D eigenvalue weighted by Gasteiger charge is -2.36. The maximum Gasteiger partial charge on any atom is 0.194 e. The Morgan fingerprint density at radius 2 is 2.04 bits per heavy atom. The third-order valence-electron chi connectivity index (χ3n) is 5.94. The lowest BCUT2D eigenvalue weighted by molar-refractivity contribution is -0.00842. The van der Waals surface area contributed by atoms with Crippen LogP contribution in [0.3, 0.4) is 0 Å². The van der Waals surface area contributed by atoms with Crippen molar-refractivity contribution in [1.82, 2.24) is 10.2 Å². The van der Waals surface area contributed by atoms with Gasteiger partial charge in [0.1, 0.15) is 6.10 Å². The summed E-state index contributed by atoms with van der Waals surface area (Å²) in [5.41, 5.74) is 2.61. The van der Waals surface area contributed by atoms with E-state index in [1.807, 2.05) is 0 Å². The number of aliphatic hydroxyl groups excluding tert-OH is 1. The molecule has 1 aliphatic rings. The van der Waals surface area contributed by atoms with Gasteiger partial charge in [-0.05, 0) is 49.7 Å². The van der Waals surface area contributed by atoms with Crippen molar-refractivity contribution in [2.24, 2.45) is 10.4 Å². The summed E-state index contributed by atoms with van der Waals surface area (Å²) in [5.74, 6) is 0.962. The van der Waals surface area contributed by atoms with Gasteiger partial charge in [-0.25, -0.2) is 0 Å². The third-order valence-corrected chi connectivity index (χ3v) is 5.94. The fourth-order valence-electron chi connectivity index (χ4n) is 3.79. The average Bonchev–Trinajstić information content (AvgIpc) is 2.70. The molecule has 1 heterocycles. The zero-order chi connectivity index (χ0) is 19.7. The largest absolute Gasteiger partial charge is 0.396 e. The summed E-state index contributed by atoms with van der Waals surface area (Å²) in [5, 5.41) is 12.9. The zero-order valence-electron chi connectivity index (χ0n) is 17.5.